The molecule has 4 heteroatoms. The minimum atomic E-state index is -1.17. The molecular formula is C10H13NO3. The van der Waals surface area contributed by atoms with Gasteiger partial charge in [-0.25, -0.2) is 0 Å². The second-order valence-electron chi connectivity index (χ2n) is 3.35. The van der Waals surface area contributed by atoms with Crippen molar-refractivity contribution in [1.82, 2.24) is 5.32 Å². The first kappa shape index (κ1) is 10.6. The van der Waals surface area contributed by atoms with Crippen molar-refractivity contribution in [2.45, 2.75) is 26.2 Å². The molecule has 0 bridgehead atoms. The number of hydrogen-bond acceptors (Lipinski definition) is 2. The average Bonchev–Trinajstić information content (AvgIpc) is 2.01. The van der Waals surface area contributed by atoms with Gasteiger partial charge in [-0.05, 0) is 19.8 Å². The Bertz CT molecular complexity index is 307. The van der Waals surface area contributed by atoms with Gasteiger partial charge in [-0.15, -0.1) is 5.92 Å². The number of carbonyl (C=O) groups is 2. The van der Waals surface area contributed by atoms with E-state index in [-0.39, 0.29) is 6.54 Å². The summed E-state index contributed by atoms with van der Waals surface area (Å²) in [7, 11) is 0. The van der Waals surface area contributed by atoms with E-state index in [2.05, 4.69) is 17.2 Å². The number of nitrogens with one attached hydrogen (secondary N) is 1. The third-order valence-corrected chi connectivity index (χ3v) is 2.57. The first-order valence-corrected chi connectivity index (χ1v) is 4.55. The Hall–Kier alpha value is -1.50. The van der Waals surface area contributed by atoms with E-state index in [1.807, 2.05) is 0 Å². The number of rotatable bonds is 3. The Labute approximate surface area is 82.7 Å². The van der Waals surface area contributed by atoms with Gasteiger partial charge in [0.2, 0.25) is 5.91 Å². The molecule has 0 aromatic carbocycles. The molecule has 0 atom stereocenters. The van der Waals surface area contributed by atoms with Gasteiger partial charge in [0.15, 0.2) is 0 Å². The van der Waals surface area contributed by atoms with Gasteiger partial charge in [0, 0.05) is 0 Å². The van der Waals surface area contributed by atoms with Gasteiger partial charge in [-0.3, -0.25) is 9.59 Å². The zero-order valence-electron chi connectivity index (χ0n) is 8.09. The van der Waals surface area contributed by atoms with Crippen LogP contribution in [-0.4, -0.2) is 23.5 Å². The first-order valence-electron chi connectivity index (χ1n) is 4.55. The smallest absolute Gasteiger partial charge is 0.319 e. The third kappa shape index (κ3) is 1.72. The molecule has 0 spiro atoms. The molecule has 1 fully saturated rings. The number of hydrogen-bond donors (Lipinski definition) is 2. The first-order chi connectivity index (χ1) is 6.63. The summed E-state index contributed by atoms with van der Waals surface area (Å²) in [6.07, 6.45) is 1.68. The molecular weight excluding hydrogens is 182 g/mol. The van der Waals surface area contributed by atoms with Gasteiger partial charge in [-0.1, -0.05) is 12.3 Å². The largest absolute Gasteiger partial charge is 0.480 e. The molecule has 2 N–H and O–H groups in total. The van der Waals surface area contributed by atoms with E-state index in [1.165, 1.54) is 0 Å². The van der Waals surface area contributed by atoms with Crippen molar-refractivity contribution in [1.29, 1.82) is 0 Å². The van der Waals surface area contributed by atoms with Crippen LogP contribution < -0.4 is 5.32 Å². The van der Waals surface area contributed by atoms with Gasteiger partial charge in [0.25, 0.3) is 0 Å². The van der Waals surface area contributed by atoms with E-state index < -0.39 is 17.3 Å². The molecule has 0 heterocycles. The van der Waals surface area contributed by atoms with E-state index in [0.29, 0.717) is 12.8 Å². The van der Waals surface area contributed by atoms with Crippen LogP contribution in [0.2, 0.25) is 0 Å². The summed E-state index contributed by atoms with van der Waals surface area (Å²) >= 11 is 0. The van der Waals surface area contributed by atoms with E-state index in [0.717, 1.165) is 6.42 Å². The van der Waals surface area contributed by atoms with E-state index >= 15 is 0 Å². The normalized spacial score (nSPS) is 17.2. The Balaban J connectivity index is 2.56. The number of amides is 1. The van der Waals surface area contributed by atoms with Crippen molar-refractivity contribution in [3.63, 3.8) is 0 Å². The van der Waals surface area contributed by atoms with Crippen LogP contribution in [-0.2, 0) is 9.59 Å². The summed E-state index contributed by atoms with van der Waals surface area (Å²) in [6.45, 7) is 1.90. The fourth-order valence-corrected chi connectivity index (χ4v) is 1.45. The molecule has 0 aliphatic heterocycles. The minimum Gasteiger partial charge on any atom is -0.480 e. The van der Waals surface area contributed by atoms with Gasteiger partial charge >= 0.3 is 5.97 Å². The Kier molecular flexibility index (Phi) is 3.13. The lowest BCUT2D eigenvalue weighted by Gasteiger charge is -2.35. The molecule has 1 aliphatic rings. The predicted octanol–water partition coefficient (Wildman–Crippen LogP) is 0.381. The molecule has 0 aromatic rings. The zero-order valence-corrected chi connectivity index (χ0v) is 8.09. The van der Waals surface area contributed by atoms with Crippen LogP contribution in [0.15, 0.2) is 0 Å². The van der Waals surface area contributed by atoms with Gasteiger partial charge in [0.05, 0.1) is 6.54 Å². The summed E-state index contributed by atoms with van der Waals surface area (Å²) in [4.78, 5) is 22.4. The van der Waals surface area contributed by atoms with E-state index in [9.17, 15) is 9.59 Å². The summed E-state index contributed by atoms with van der Waals surface area (Å²) in [5.41, 5.74) is -1.17. The average molecular weight is 195 g/mol. The monoisotopic (exact) mass is 195 g/mol. The Morgan fingerprint density at radius 1 is 1.50 bits per heavy atom. The highest BCUT2D eigenvalue weighted by molar-refractivity contribution is 6.02. The molecule has 14 heavy (non-hydrogen) atoms. The molecule has 0 aromatic heterocycles. The van der Waals surface area contributed by atoms with Crippen LogP contribution in [0, 0.1) is 17.3 Å². The van der Waals surface area contributed by atoms with Crippen LogP contribution in [0.25, 0.3) is 0 Å². The Morgan fingerprint density at radius 3 is 2.50 bits per heavy atom. The fraction of sp³-hybridized carbons (Fsp3) is 0.600. The number of aliphatic carboxylic acids is 1. The number of carboxylic acids is 1. The molecule has 1 amide bonds. The molecule has 1 saturated carbocycles. The second-order valence-corrected chi connectivity index (χ2v) is 3.35. The van der Waals surface area contributed by atoms with Crippen LogP contribution in [0.5, 0.6) is 0 Å². The highest BCUT2D eigenvalue weighted by Crippen LogP contribution is 2.41. The topological polar surface area (TPSA) is 66.4 Å². The van der Waals surface area contributed by atoms with Crippen LogP contribution in [0.3, 0.4) is 0 Å². The molecule has 76 valence electrons. The lowest BCUT2D eigenvalue weighted by Crippen LogP contribution is -2.51. The SMILES string of the molecule is CC#CCNC(=O)C1(C(=O)O)CCC1. The maximum atomic E-state index is 11.5. The fourth-order valence-electron chi connectivity index (χ4n) is 1.45. The third-order valence-electron chi connectivity index (χ3n) is 2.57. The summed E-state index contributed by atoms with van der Waals surface area (Å²) in [5.74, 6) is 3.86. The van der Waals surface area contributed by atoms with Gasteiger partial charge < -0.3 is 10.4 Å². The van der Waals surface area contributed by atoms with Crippen molar-refractivity contribution >= 4 is 11.9 Å². The van der Waals surface area contributed by atoms with E-state index in [1.54, 1.807) is 6.92 Å². The quantitative estimate of drug-likeness (QED) is 0.505. The summed E-state index contributed by atoms with van der Waals surface area (Å²) < 4.78 is 0. The van der Waals surface area contributed by atoms with Crippen molar-refractivity contribution in [2.24, 2.45) is 5.41 Å². The highest BCUT2D eigenvalue weighted by Gasteiger charge is 2.50. The van der Waals surface area contributed by atoms with E-state index in [4.69, 9.17) is 5.11 Å². The number of carboxylic acid groups (broad SMARTS) is 1. The molecule has 4 nitrogen and oxygen atoms in total. The van der Waals surface area contributed by atoms with Crippen LogP contribution >= 0.6 is 0 Å². The molecule has 1 aliphatic carbocycles. The maximum absolute atomic E-state index is 11.5. The maximum Gasteiger partial charge on any atom is 0.319 e. The molecule has 1 rings (SSSR count). The van der Waals surface area contributed by atoms with Gasteiger partial charge in [-0.2, -0.15) is 0 Å². The highest BCUT2D eigenvalue weighted by atomic mass is 16.4. The molecule has 0 radical (unpaired) electrons. The lowest BCUT2D eigenvalue weighted by molar-refractivity contribution is -0.161. The van der Waals surface area contributed by atoms with Crippen molar-refractivity contribution in [3.8, 4) is 11.8 Å². The standard InChI is InChI=1S/C10H13NO3/c1-2-3-7-11-8(12)10(9(13)14)5-4-6-10/h4-7H2,1H3,(H,11,12)(H,13,14). The van der Waals surface area contributed by atoms with Crippen LogP contribution in [0.4, 0.5) is 0 Å². The second kappa shape index (κ2) is 4.14. The molecule has 0 saturated heterocycles. The summed E-state index contributed by atoms with van der Waals surface area (Å²) in [6, 6.07) is 0. The van der Waals surface area contributed by atoms with Gasteiger partial charge in [0.1, 0.15) is 5.41 Å². The van der Waals surface area contributed by atoms with Crippen molar-refractivity contribution in [2.75, 3.05) is 6.54 Å². The predicted molar refractivity (Wildman–Crippen MR) is 50.4 cm³/mol. The zero-order chi connectivity index (χ0) is 10.6. The summed E-state index contributed by atoms with van der Waals surface area (Å²) in [5, 5.41) is 11.4. The van der Waals surface area contributed by atoms with Crippen molar-refractivity contribution in [3.05, 3.63) is 0 Å². The lowest BCUT2D eigenvalue weighted by atomic mass is 9.68. The van der Waals surface area contributed by atoms with Crippen molar-refractivity contribution < 1.29 is 14.7 Å². The minimum absolute atomic E-state index is 0.227. The molecule has 0 unspecified atom stereocenters. The number of carbonyl (C=O) groups excluding carboxylic acids is 1. The Morgan fingerprint density at radius 2 is 2.14 bits per heavy atom. The van der Waals surface area contributed by atoms with Crippen LogP contribution in [0.1, 0.15) is 26.2 Å².